The molecule has 0 bridgehead atoms. The number of ether oxygens (including phenoxy) is 1. The quantitative estimate of drug-likeness (QED) is 0.723. The Hall–Kier alpha value is -0.610. The van der Waals surface area contributed by atoms with Crippen LogP contribution in [0.15, 0.2) is 0 Å². The topological polar surface area (TPSA) is 50.4 Å². The Kier molecular flexibility index (Phi) is 4.54. The Morgan fingerprint density at radius 2 is 2.00 bits per heavy atom. The minimum absolute atomic E-state index is 0.0754. The number of carbonyl (C=O) groups excluding carboxylic acids is 1. The molecule has 15 heavy (non-hydrogen) atoms. The first-order valence-electron chi connectivity index (χ1n) is 5.64. The van der Waals surface area contributed by atoms with Crippen LogP contribution in [0, 0.1) is 0 Å². The van der Waals surface area contributed by atoms with Crippen molar-refractivity contribution < 1.29 is 9.53 Å². The summed E-state index contributed by atoms with van der Waals surface area (Å²) in [4.78, 5) is 11.6. The highest BCUT2D eigenvalue weighted by molar-refractivity contribution is 5.78. The monoisotopic (exact) mass is 214 g/mol. The van der Waals surface area contributed by atoms with Crippen molar-refractivity contribution in [2.75, 3.05) is 19.8 Å². The third-order valence-corrected chi connectivity index (χ3v) is 2.71. The van der Waals surface area contributed by atoms with Crippen molar-refractivity contribution in [3.05, 3.63) is 0 Å². The van der Waals surface area contributed by atoms with Gasteiger partial charge >= 0.3 is 0 Å². The van der Waals surface area contributed by atoms with Gasteiger partial charge in [0, 0.05) is 24.8 Å². The maximum atomic E-state index is 11.6. The van der Waals surface area contributed by atoms with Gasteiger partial charge in [-0.25, -0.2) is 0 Å². The van der Waals surface area contributed by atoms with E-state index in [2.05, 4.69) is 17.6 Å². The van der Waals surface area contributed by atoms with Crippen molar-refractivity contribution in [2.24, 2.45) is 0 Å². The van der Waals surface area contributed by atoms with Gasteiger partial charge in [-0.05, 0) is 19.8 Å². The van der Waals surface area contributed by atoms with Gasteiger partial charge in [-0.1, -0.05) is 13.8 Å². The molecule has 1 amide bonds. The Balaban J connectivity index is 2.29. The van der Waals surface area contributed by atoms with Crippen LogP contribution in [0.1, 0.15) is 33.6 Å². The summed E-state index contributed by atoms with van der Waals surface area (Å²) in [6, 6.07) is 0.346. The van der Waals surface area contributed by atoms with E-state index in [1.807, 2.05) is 13.8 Å². The lowest BCUT2D eigenvalue weighted by Gasteiger charge is -2.34. The molecule has 4 heteroatoms. The second-order valence-electron chi connectivity index (χ2n) is 4.76. The van der Waals surface area contributed by atoms with Gasteiger partial charge in [0.25, 0.3) is 0 Å². The Bertz CT molecular complexity index is 211. The number of hydrogen-bond acceptors (Lipinski definition) is 3. The van der Waals surface area contributed by atoms with Gasteiger partial charge in [-0.2, -0.15) is 0 Å². The minimum atomic E-state index is -0.0754. The maximum Gasteiger partial charge on any atom is 0.234 e. The van der Waals surface area contributed by atoms with E-state index in [1.165, 1.54) is 0 Å². The van der Waals surface area contributed by atoms with Crippen molar-refractivity contribution >= 4 is 5.91 Å². The first kappa shape index (κ1) is 12.5. The van der Waals surface area contributed by atoms with E-state index in [0.29, 0.717) is 12.6 Å². The molecule has 1 rings (SSSR count). The van der Waals surface area contributed by atoms with Crippen LogP contribution in [-0.4, -0.2) is 37.2 Å². The van der Waals surface area contributed by atoms with Crippen molar-refractivity contribution in [1.82, 2.24) is 10.6 Å². The average Bonchev–Trinajstić information content (AvgIpc) is 2.15. The third-order valence-electron chi connectivity index (χ3n) is 2.71. The molecule has 1 aliphatic rings. The van der Waals surface area contributed by atoms with Crippen LogP contribution in [0.4, 0.5) is 0 Å². The average molecular weight is 214 g/mol. The van der Waals surface area contributed by atoms with Gasteiger partial charge in [0.05, 0.1) is 6.54 Å². The molecule has 0 saturated carbocycles. The van der Waals surface area contributed by atoms with Crippen LogP contribution in [0.3, 0.4) is 0 Å². The summed E-state index contributed by atoms with van der Waals surface area (Å²) in [5.74, 6) is 0.0769. The van der Waals surface area contributed by atoms with E-state index in [-0.39, 0.29) is 11.4 Å². The number of carbonyl (C=O) groups is 1. The van der Waals surface area contributed by atoms with Gasteiger partial charge in [0.1, 0.15) is 0 Å². The van der Waals surface area contributed by atoms with Crippen LogP contribution in [0.5, 0.6) is 0 Å². The number of amides is 1. The lowest BCUT2D eigenvalue weighted by Crippen LogP contribution is -2.52. The minimum Gasteiger partial charge on any atom is -0.381 e. The molecule has 1 aliphatic heterocycles. The molecule has 1 fully saturated rings. The first-order valence-corrected chi connectivity index (χ1v) is 5.64. The highest BCUT2D eigenvalue weighted by Crippen LogP contribution is 2.19. The molecule has 0 spiro atoms. The molecule has 88 valence electrons. The SMILES string of the molecule is CC(C)NCC(=O)NC1(C)CCOCC1. The van der Waals surface area contributed by atoms with E-state index in [0.717, 1.165) is 26.1 Å². The fraction of sp³-hybridized carbons (Fsp3) is 0.909. The molecule has 1 saturated heterocycles. The first-order chi connectivity index (χ1) is 7.02. The Morgan fingerprint density at radius 3 is 2.53 bits per heavy atom. The fourth-order valence-electron chi connectivity index (χ4n) is 1.62. The molecule has 0 unspecified atom stereocenters. The molecular weight excluding hydrogens is 192 g/mol. The summed E-state index contributed by atoms with van der Waals surface area (Å²) in [6.07, 6.45) is 1.81. The molecule has 0 aliphatic carbocycles. The van der Waals surface area contributed by atoms with Crippen molar-refractivity contribution in [3.8, 4) is 0 Å². The molecule has 4 nitrogen and oxygen atoms in total. The van der Waals surface area contributed by atoms with Crippen LogP contribution >= 0.6 is 0 Å². The summed E-state index contributed by atoms with van der Waals surface area (Å²) >= 11 is 0. The second kappa shape index (κ2) is 5.47. The number of nitrogens with one attached hydrogen (secondary N) is 2. The standard InChI is InChI=1S/C11H22N2O2/c1-9(2)12-8-10(14)13-11(3)4-6-15-7-5-11/h9,12H,4-8H2,1-3H3,(H,13,14). The van der Waals surface area contributed by atoms with E-state index < -0.39 is 0 Å². The van der Waals surface area contributed by atoms with Crippen LogP contribution < -0.4 is 10.6 Å². The molecule has 0 aromatic rings. The van der Waals surface area contributed by atoms with Crippen molar-refractivity contribution in [3.63, 3.8) is 0 Å². The molecule has 0 aromatic carbocycles. The smallest absolute Gasteiger partial charge is 0.234 e. The van der Waals surface area contributed by atoms with E-state index in [9.17, 15) is 4.79 Å². The molecule has 0 radical (unpaired) electrons. The molecule has 1 heterocycles. The predicted molar refractivity (Wildman–Crippen MR) is 59.7 cm³/mol. The number of hydrogen-bond donors (Lipinski definition) is 2. The molecule has 0 aromatic heterocycles. The summed E-state index contributed by atoms with van der Waals surface area (Å²) in [5, 5.41) is 6.18. The van der Waals surface area contributed by atoms with Crippen molar-refractivity contribution in [2.45, 2.75) is 45.2 Å². The second-order valence-corrected chi connectivity index (χ2v) is 4.76. The van der Waals surface area contributed by atoms with E-state index in [1.54, 1.807) is 0 Å². The summed E-state index contributed by atoms with van der Waals surface area (Å²) in [7, 11) is 0. The zero-order chi connectivity index (χ0) is 11.3. The Labute approximate surface area is 91.8 Å². The van der Waals surface area contributed by atoms with E-state index >= 15 is 0 Å². The zero-order valence-electron chi connectivity index (χ0n) is 9.93. The molecular formula is C11H22N2O2. The molecule has 0 atom stereocenters. The van der Waals surface area contributed by atoms with Gasteiger partial charge in [0.15, 0.2) is 0 Å². The molecule has 2 N–H and O–H groups in total. The highest BCUT2D eigenvalue weighted by atomic mass is 16.5. The normalized spacial score (nSPS) is 20.3. The lowest BCUT2D eigenvalue weighted by atomic mass is 9.92. The predicted octanol–water partition coefficient (Wildman–Crippen LogP) is 0.670. The lowest BCUT2D eigenvalue weighted by molar-refractivity contribution is -0.123. The fourth-order valence-corrected chi connectivity index (χ4v) is 1.62. The maximum absolute atomic E-state index is 11.6. The van der Waals surface area contributed by atoms with Gasteiger partial charge in [-0.15, -0.1) is 0 Å². The van der Waals surface area contributed by atoms with Crippen LogP contribution in [0.25, 0.3) is 0 Å². The van der Waals surface area contributed by atoms with Gasteiger partial charge in [-0.3, -0.25) is 4.79 Å². The third kappa shape index (κ3) is 4.62. The van der Waals surface area contributed by atoms with Crippen molar-refractivity contribution in [1.29, 1.82) is 0 Å². The highest BCUT2D eigenvalue weighted by Gasteiger charge is 2.28. The number of rotatable bonds is 4. The summed E-state index contributed by atoms with van der Waals surface area (Å²) in [5.41, 5.74) is -0.0754. The summed E-state index contributed by atoms with van der Waals surface area (Å²) < 4.78 is 5.28. The van der Waals surface area contributed by atoms with Gasteiger partial charge in [0.2, 0.25) is 5.91 Å². The van der Waals surface area contributed by atoms with E-state index in [4.69, 9.17) is 4.74 Å². The zero-order valence-corrected chi connectivity index (χ0v) is 9.93. The largest absolute Gasteiger partial charge is 0.381 e. The van der Waals surface area contributed by atoms with Crippen LogP contribution in [0.2, 0.25) is 0 Å². The van der Waals surface area contributed by atoms with Crippen LogP contribution in [-0.2, 0) is 9.53 Å². The van der Waals surface area contributed by atoms with Gasteiger partial charge < -0.3 is 15.4 Å². The Morgan fingerprint density at radius 1 is 1.40 bits per heavy atom. The summed E-state index contributed by atoms with van der Waals surface area (Å²) in [6.45, 7) is 8.03.